The fourth-order valence-corrected chi connectivity index (χ4v) is 1.86. The molecule has 1 N–H and O–H groups in total. The molecule has 0 saturated heterocycles. The topological polar surface area (TPSA) is 39.7 Å². The summed E-state index contributed by atoms with van der Waals surface area (Å²) >= 11 is 0. The maximum absolute atomic E-state index is 5.45. The summed E-state index contributed by atoms with van der Waals surface area (Å²) in [5, 5.41) is 0. The van der Waals surface area contributed by atoms with Crippen LogP contribution in [0.1, 0.15) is 11.1 Å². The molecule has 0 atom stereocenters. The van der Waals surface area contributed by atoms with Crippen LogP contribution in [0.5, 0.6) is 11.5 Å². The Hall–Kier alpha value is -2.04. The monoisotopic (exact) mass is 273 g/mol. The van der Waals surface area contributed by atoms with Gasteiger partial charge in [-0.1, -0.05) is 30.3 Å². The van der Waals surface area contributed by atoms with Gasteiger partial charge in [0.2, 0.25) is 0 Å². The summed E-state index contributed by atoms with van der Waals surface area (Å²) in [4.78, 5) is 5.45. The average molecular weight is 273 g/mol. The summed E-state index contributed by atoms with van der Waals surface area (Å²) in [5.74, 6) is 1.60. The molecule has 0 saturated carbocycles. The van der Waals surface area contributed by atoms with E-state index in [1.165, 1.54) is 0 Å². The summed E-state index contributed by atoms with van der Waals surface area (Å²) in [6.45, 7) is 1.07. The smallest absolute Gasteiger partial charge is 0.123 e. The third kappa shape index (κ3) is 3.98. The first-order chi connectivity index (χ1) is 9.83. The number of hydrogen-bond donors (Lipinski definition) is 1. The van der Waals surface area contributed by atoms with E-state index in [4.69, 9.17) is 14.3 Å². The Balaban J connectivity index is 1.87. The van der Waals surface area contributed by atoms with Gasteiger partial charge in [-0.2, -0.15) is 5.48 Å². The second-order valence-corrected chi connectivity index (χ2v) is 4.27. The van der Waals surface area contributed by atoms with Crippen LogP contribution < -0.4 is 15.0 Å². The quantitative estimate of drug-likeness (QED) is 0.622. The van der Waals surface area contributed by atoms with Crippen LogP contribution in [0.3, 0.4) is 0 Å². The molecule has 20 heavy (non-hydrogen) atoms. The van der Waals surface area contributed by atoms with Crippen molar-refractivity contribution in [2.75, 3.05) is 14.2 Å². The van der Waals surface area contributed by atoms with E-state index in [1.807, 2.05) is 48.5 Å². The minimum absolute atomic E-state index is 0.521. The molecule has 0 fully saturated rings. The number of ether oxygens (including phenoxy) is 2. The van der Waals surface area contributed by atoms with Crippen LogP contribution in [0, 0.1) is 0 Å². The first-order valence-corrected chi connectivity index (χ1v) is 6.43. The molecular weight excluding hydrogens is 254 g/mol. The second kappa shape index (κ2) is 7.53. The van der Waals surface area contributed by atoms with Gasteiger partial charge < -0.3 is 9.47 Å². The Morgan fingerprint density at radius 1 is 0.950 bits per heavy atom. The lowest BCUT2D eigenvalue weighted by atomic mass is 10.2. The van der Waals surface area contributed by atoms with E-state index in [9.17, 15) is 0 Å². The van der Waals surface area contributed by atoms with E-state index in [2.05, 4.69) is 5.48 Å². The van der Waals surface area contributed by atoms with Crippen LogP contribution >= 0.6 is 0 Å². The van der Waals surface area contributed by atoms with Crippen molar-refractivity contribution in [1.29, 1.82) is 0 Å². The fraction of sp³-hybridized carbons (Fsp3) is 0.250. The maximum atomic E-state index is 5.45. The van der Waals surface area contributed by atoms with E-state index in [-0.39, 0.29) is 0 Å². The van der Waals surface area contributed by atoms with E-state index in [0.29, 0.717) is 13.2 Å². The summed E-state index contributed by atoms with van der Waals surface area (Å²) in [5.41, 5.74) is 5.05. The van der Waals surface area contributed by atoms with E-state index in [1.54, 1.807) is 14.2 Å². The molecule has 2 aromatic rings. The van der Waals surface area contributed by atoms with Crippen LogP contribution in [0.25, 0.3) is 0 Å². The third-order valence-electron chi connectivity index (χ3n) is 2.93. The Kier molecular flexibility index (Phi) is 5.41. The number of hydrogen-bond acceptors (Lipinski definition) is 4. The largest absolute Gasteiger partial charge is 0.497 e. The maximum Gasteiger partial charge on any atom is 0.123 e. The summed E-state index contributed by atoms with van der Waals surface area (Å²) in [6, 6.07) is 15.7. The van der Waals surface area contributed by atoms with Crippen LogP contribution in [0.15, 0.2) is 48.5 Å². The van der Waals surface area contributed by atoms with Crippen molar-refractivity contribution in [3.63, 3.8) is 0 Å². The van der Waals surface area contributed by atoms with Crippen molar-refractivity contribution in [3.05, 3.63) is 59.7 Å². The van der Waals surface area contributed by atoms with Gasteiger partial charge >= 0.3 is 0 Å². The zero-order valence-corrected chi connectivity index (χ0v) is 11.8. The van der Waals surface area contributed by atoms with Crippen molar-refractivity contribution in [1.82, 2.24) is 5.48 Å². The Bertz CT molecular complexity index is 529. The van der Waals surface area contributed by atoms with Gasteiger partial charge in [-0.3, -0.25) is 4.84 Å². The van der Waals surface area contributed by atoms with Crippen LogP contribution in [-0.4, -0.2) is 14.2 Å². The Morgan fingerprint density at radius 2 is 1.75 bits per heavy atom. The van der Waals surface area contributed by atoms with Crippen molar-refractivity contribution in [2.45, 2.75) is 13.2 Å². The summed E-state index contributed by atoms with van der Waals surface area (Å²) < 4.78 is 10.5. The molecule has 0 bridgehead atoms. The number of benzene rings is 2. The fourth-order valence-electron chi connectivity index (χ4n) is 1.86. The van der Waals surface area contributed by atoms with Gasteiger partial charge in [0.1, 0.15) is 11.5 Å². The zero-order chi connectivity index (χ0) is 14.2. The molecule has 0 amide bonds. The first-order valence-electron chi connectivity index (χ1n) is 6.43. The normalized spacial score (nSPS) is 10.3. The molecule has 106 valence electrons. The second-order valence-electron chi connectivity index (χ2n) is 4.27. The van der Waals surface area contributed by atoms with Crippen molar-refractivity contribution < 1.29 is 14.3 Å². The first kappa shape index (κ1) is 14.4. The zero-order valence-electron chi connectivity index (χ0n) is 11.8. The highest BCUT2D eigenvalue weighted by Crippen LogP contribution is 2.23. The minimum atomic E-state index is 0.521. The summed E-state index contributed by atoms with van der Waals surface area (Å²) in [6.07, 6.45) is 0. The Labute approximate surface area is 119 Å². The number of methoxy groups -OCH3 is 2. The molecule has 4 heteroatoms. The molecule has 0 aliphatic carbocycles. The minimum Gasteiger partial charge on any atom is -0.497 e. The number of hydroxylamine groups is 1. The lowest BCUT2D eigenvalue weighted by Crippen LogP contribution is -2.14. The standard InChI is InChI=1S/C16H19NO3/c1-18-15-8-9-16(19-2)14(10-15)11-17-20-12-13-6-4-3-5-7-13/h3-10,17H,11-12H2,1-2H3. The van der Waals surface area contributed by atoms with Gasteiger partial charge in [0.15, 0.2) is 0 Å². The SMILES string of the molecule is COc1ccc(OC)c(CNOCc2ccccc2)c1. The highest BCUT2D eigenvalue weighted by atomic mass is 16.6. The predicted octanol–water partition coefficient (Wildman–Crippen LogP) is 2.93. The average Bonchev–Trinajstić information content (AvgIpc) is 2.52. The molecule has 0 heterocycles. The van der Waals surface area contributed by atoms with Crippen LogP contribution in [-0.2, 0) is 18.0 Å². The van der Waals surface area contributed by atoms with Crippen molar-refractivity contribution >= 4 is 0 Å². The molecule has 2 rings (SSSR count). The molecule has 4 nitrogen and oxygen atoms in total. The highest BCUT2D eigenvalue weighted by molar-refractivity contribution is 5.40. The molecule has 0 spiro atoms. The molecule has 0 aliphatic rings. The van der Waals surface area contributed by atoms with E-state index < -0.39 is 0 Å². The van der Waals surface area contributed by atoms with Gasteiger partial charge in [0, 0.05) is 12.1 Å². The molecule has 0 radical (unpaired) electrons. The van der Waals surface area contributed by atoms with Gasteiger partial charge in [-0.25, -0.2) is 0 Å². The third-order valence-corrected chi connectivity index (χ3v) is 2.93. The van der Waals surface area contributed by atoms with Crippen LogP contribution in [0.4, 0.5) is 0 Å². The Morgan fingerprint density at radius 3 is 2.45 bits per heavy atom. The molecule has 0 unspecified atom stereocenters. The molecule has 0 aliphatic heterocycles. The van der Waals surface area contributed by atoms with E-state index in [0.717, 1.165) is 22.6 Å². The predicted molar refractivity (Wildman–Crippen MR) is 77.6 cm³/mol. The summed E-state index contributed by atoms with van der Waals surface area (Å²) in [7, 11) is 3.29. The van der Waals surface area contributed by atoms with Crippen molar-refractivity contribution in [3.8, 4) is 11.5 Å². The lowest BCUT2D eigenvalue weighted by Gasteiger charge is -2.11. The van der Waals surface area contributed by atoms with Gasteiger partial charge in [0.25, 0.3) is 0 Å². The van der Waals surface area contributed by atoms with E-state index >= 15 is 0 Å². The highest BCUT2D eigenvalue weighted by Gasteiger charge is 2.04. The van der Waals surface area contributed by atoms with Gasteiger partial charge in [0.05, 0.1) is 20.8 Å². The number of nitrogens with one attached hydrogen (secondary N) is 1. The van der Waals surface area contributed by atoms with Crippen LogP contribution in [0.2, 0.25) is 0 Å². The van der Waals surface area contributed by atoms with Crippen molar-refractivity contribution in [2.24, 2.45) is 0 Å². The molecule has 2 aromatic carbocycles. The number of rotatable bonds is 7. The molecular formula is C16H19NO3. The lowest BCUT2D eigenvalue weighted by molar-refractivity contribution is 0.0231. The van der Waals surface area contributed by atoms with Gasteiger partial charge in [-0.15, -0.1) is 0 Å². The molecule has 0 aromatic heterocycles. The van der Waals surface area contributed by atoms with Gasteiger partial charge in [-0.05, 0) is 23.8 Å².